The van der Waals surface area contributed by atoms with E-state index in [4.69, 9.17) is 4.98 Å². The fourth-order valence-corrected chi connectivity index (χ4v) is 5.63. The van der Waals surface area contributed by atoms with E-state index in [1.54, 1.807) is 17.1 Å². The van der Waals surface area contributed by atoms with Crippen LogP contribution in [-0.2, 0) is 17.4 Å². The molecule has 7 rings (SSSR count). The Balaban J connectivity index is 1.32. The number of aromatic nitrogens is 5. The molecule has 4 heterocycles. The molecule has 0 radical (unpaired) electrons. The molecule has 2 N–H and O–H groups in total. The number of hydrogen-bond acceptors (Lipinski definition) is 6. The van der Waals surface area contributed by atoms with Crippen molar-refractivity contribution in [3.05, 3.63) is 69.9 Å². The van der Waals surface area contributed by atoms with Gasteiger partial charge in [0.25, 0.3) is 5.56 Å². The summed E-state index contributed by atoms with van der Waals surface area (Å²) in [5.41, 5.74) is 4.92. The number of pyridine rings is 1. The van der Waals surface area contributed by atoms with Gasteiger partial charge < -0.3 is 10.6 Å². The maximum Gasteiger partial charge on any atom is 0.278 e. The maximum atomic E-state index is 13.8. The van der Waals surface area contributed by atoms with Crippen molar-refractivity contribution < 1.29 is 4.39 Å². The third kappa shape index (κ3) is 3.67. The van der Waals surface area contributed by atoms with Gasteiger partial charge in [-0.3, -0.25) is 14.2 Å². The Labute approximate surface area is 213 Å². The number of fused-ring (bicyclic) bond motifs is 2. The molecule has 0 spiro atoms. The van der Waals surface area contributed by atoms with Crippen LogP contribution >= 0.6 is 0 Å². The lowest BCUT2D eigenvalue weighted by atomic mass is 9.85. The summed E-state index contributed by atoms with van der Waals surface area (Å²) in [6.45, 7) is 4.91. The fraction of sp³-hybridized carbons (Fsp3) is 0.429. The molecular formula is C28H30FN7O. The number of alkyl halides is 1. The SMILES string of the molecule is CC1(C)NCCc2cc(Nc3ncc4c(=O)n(C5CC5)n(-c5ccnc(C6(CF)CC6)c5)c4n3)ccc21. The average Bonchev–Trinajstić information content (AvgIpc) is 3.82. The number of halogens is 1. The van der Waals surface area contributed by atoms with Gasteiger partial charge in [-0.2, -0.15) is 4.98 Å². The van der Waals surface area contributed by atoms with Gasteiger partial charge >= 0.3 is 0 Å². The van der Waals surface area contributed by atoms with Crippen LogP contribution in [0.25, 0.3) is 16.7 Å². The first kappa shape index (κ1) is 22.6. The van der Waals surface area contributed by atoms with Crippen LogP contribution in [0.5, 0.6) is 0 Å². The van der Waals surface area contributed by atoms with Crippen LogP contribution in [0.4, 0.5) is 16.0 Å². The van der Waals surface area contributed by atoms with Crippen molar-refractivity contribution in [2.45, 2.75) is 62.9 Å². The molecule has 8 nitrogen and oxygen atoms in total. The summed E-state index contributed by atoms with van der Waals surface area (Å²) in [7, 11) is 0. The van der Waals surface area contributed by atoms with Crippen LogP contribution in [0.15, 0.2) is 47.5 Å². The zero-order chi connectivity index (χ0) is 25.4. The van der Waals surface area contributed by atoms with Gasteiger partial charge in [0.1, 0.15) is 12.1 Å². The number of hydrogen-bond donors (Lipinski definition) is 2. The molecule has 1 aromatic carbocycles. The molecule has 3 aromatic heterocycles. The summed E-state index contributed by atoms with van der Waals surface area (Å²) in [6, 6.07) is 10.3. The van der Waals surface area contributed by atoms with Gasteiger partial charge in [-0.15, -0.1) is 0 Å². The number of benzene rings is 1. The lowest BCUT2D eigenvalue weighted by molar-refractivity contribution is 0.382. The van der Waals surface area contributed by atoms with Crippen LogP contribution in [0.3, 0.4) is 0 Å². The third-order valence-electron chi connectivity index (χ3n) is 8.15. The largest absolute Gasteiger partial charge is 0.324 e. The number of anilines is 2. The quantitative estimate of drug-likeness (QED) is 0.408. The standard InChI is InChI=1S/C28H30FN7O/c1-27(2)22-6-3-18(13-17(22)7-12-32-27)33-26-31-15-21-24(34-26)35(36(25(21)37)19-4-5-19)20-8-11-30-23(14-20)28(16-29)9-10-28/h3,6,8,11,13-15,19,32H,4-5,7,9-10,12,16H2,1-2H3,(H,31,33,34). The van der Waals surface area contributed by atoms with Crippen LogP contribution in [0.2, 0.25) is 0 Å². The van der Waals surface area contributed by atoms with Crippen molar-refractivity contribution in [2.24, 2.45) is 0 Å². The molecule has 2 fully saturated rings. The molecule has 9 heteroatoms. The molecule has 0 saturated heterocycles. The summed E-state index contributed by atoms with van der Waals surface area (Å²) < 4.78 is 17.5. The molecule has 2 aliphatic carbocycles. The van der Waals surface area contributed by atoms with Crippen LogP contribution in [0.1, 0.15) is 62.4 Å². The fourth-order valence-electron chi connectivity index (χ4n) is 5.63. The number of nitrogens with one attached hydrogen (secondary N) is 2. The minimum absolute atomic E-state index is 0.0616. The van der Waals surface area contributed by atoms with E-state index in [2.05, 4.69) is 46.6 Å². The molecule has 2 saturated carbocycles. The van der Waals surface area contributed by atoms with E-state index < -0.39 is 12.1 Å². The van der Waals surface area contributed by atoms with Crippen molar-refractivity contribution in [3.8, 4) is 5.69 Å². The summed E-state index contributed by atoms with van der Waals surface area (Å²) in [6.07, 6.45) is 7.77. The Morgan fingerprint density at radius 1 is 1.16 bits per heavy atom. The Morgan fingerprint density at radius 2 is 2.00 bits per heavy atom. The van der Waals surface area contributed by atoms with Crippen LogP contribution in [-0.4, -0.2) is 37.5 Å². The highest BCUT2D eigenvalue weighted by molar-refractivity contribution is 5.77. The highest BCUT2D eigenvalue weighted by Gasteiger charge is 2.46. The molecule has 3 aliphatic rings. The predicted molar refractivity (Wildman–Crippen MR) is 141 cm³/mol. The second-order valence-electron chi connectivity index (χ2n) is 11.2. The summed E-state index contributed by atoms with van der Waals surface area (Å²) >= 11 is 0. The van der Waals surface area contributed by atoms with E-state index in [-0.39, 0.29) is 17.1 Å². The summed E-state index contributed by atoms with van der Waals surface area (Å²) in [5, 5.41) is 7.39. The lowest BCUT2D eigenvalue weighted by Gasteiger charge is -2.34. The summed E-state index contributed by atoms with van der Waals surface area (Å²) in [5.74, 6) is 0.430. The first-order valence-electron chi connectivity index (χ1n) is 13.1. The van der Waals surface area contributed by atoms with E-state index in [1.165, 1.54) is 11.1 Å². The van der Waals surface area contributed by atoms with Crippen molar-refractivity contribution in [1.82, 2.24) is 29.6 Å². The Morgan fingerprint density at radius 3 is 2.76 bits per heavy atom. The van der Waals surface area contributed by atoms with Gasteiger partial charge in [0.2, 0.25) is 5.95 Å². The molecule has 1 aliphatic heterocycles. The smallest absolute Gasteiger partial charge is 0.278 e. The van der Waals surface area contributed by atoms with Crippen LogP contribution < -0.4 is 16.2 Å². The molecule has 0 unspecified atom stereocenters. The zero-order valence-corrected chi connectivity index (χ0v) is 21.1. The van der Waals surface area contributed by atoms with E-state index in [9.17, 15) is 9.18 Å². The Bertz CT molecular complexity index is 1600. The Kier molecular flexibility index (Phi) is 4.86. The number of rotatable bonds is 6. The van der Waals surface area contributed by atoms with Gasteiger partial charge in [-0.1, -0.05) is 6.07 Å². The molecule has 0 bridgehead atoms. The second kappa shape index (κ2) is 7.95. The van der Waals surface area contributed by atoms with E-state index in [1.807, 2.05) is 22.9 Å². The topological polar surface area (TPSA) is 89.7 Å². The minimum atomic E-state index is -0.484. The summed E-state index contributed by atoms with van der Waals surface area (Å²) in [4.78, 5) is 27.2. The van der Waals surface area contributed by atoms with E-state index in [0.29, 0.717) is 17.0 Å². The monoisotopic (exact) mass is 499 g/mol. The first-order valence-corrected chi connectivity index (χ1v) is 13.1. The molecule has 0 atom stereocenters. The minimum Gasteiger partial charge on any atom is -0.324 e. The van der Waals surface area contributed by atoms with Gasteiger partial charge in [0.15, 0.2) is 5.65 Å². The highest BCUT2D eigenvalue weighted by atomic mass is 19.1. The van der Waals surface area contributed by atoms with E-state index in [0.717, 1.165) is 55.7 Å². The first-order chi connectivity index (χ1) is 17.9. The van der Waals surface area contributed by atoms with Crippen LogP contribution in [0, 0.1) is 0 Å². The molecule has 37 heavy (non-hydrogen) atoms. The Hall–Kier alpha value is -3.59. The maximum absolute atomic E-state index is 13.8. The van der Waals surface area contributed by atoms with Gasteiger partial charge in [-0.25, -0.2) is 14.3 Å². The molecule has 0 amide bonds. The van der Waals surface area contributed by atoms with Gasteiger partial charge in [0, 0.05) is 29.0 Å². The highest BCUT2D eigenvalue weighted by Crippen LogP contribution is 2.48. The third-order valence-corrected chi connectivity index (χ3v) is 8.15. The molecule has 190 valence electrons. The van der Waals surface area contributed by atoms with Gasteiger partial charge in [-0.05, 0) is 87.9 Å². The van der Waals surface area contributed by atoms with Crippen molar-refractivity contribution in [3.63, 3.8) is 0 Å². The second-order valence-corrected chi connectivity index (χ2v) is 11.2. The average molecular weight is 500 g/mol. The molecular weight excluding hydrogens is 469 g/mol. The molecule has 4 aromatic rings. The zero-order valence-electron chi connectivity index (χ0n) is 21.1. The van der Waals surface area contributed by atoms with Gasteiger partial charge in [0.05, 0.1) is 17.4 Å². The van der Waals surface area contributed by atoms with E-state index >= 15 is 0 Å². The van der Waals surface area contributed by atoms with Crippen molar-refractivity contribution in [2.75, 3.05) is 18.5 Å². The number of nitrogens with zero attached hydrogens (tertiary/aromatic N) is 5. The predicted octanol–water partition coefficient (Wildman–Crippen LogP) is 4.44. The van der Waals surface area contributed by atoms with Crippen molar-refractivity contribution >= 4 is 22.7 Å². The lowest BCUT2D eigenvalue weighted by Crippen LogP contribution is -2.42. The normalized spacial score (nSPS) is 19.5. The van der Waals surface area contributed by atoms with Crippen molar-refractivity contribution in [1.29, 1.82) is 0 Å².